The van der Waals surface area contributed by atoms with E-state index in [2.05, 4.69) is 15.0 Å². The standard InChI is InChI=1S/C4HF3N4S/c5-4(6,7)2-3(10-11-8)12-1-9-2/h1H. The molecule has 0 aliphatic heterocycles. The summed E-state index contributed by atoms with van der Waals surface area (Å²) in [4.78, 5) is 5.28. The van der Waals surface area contributed by atoms with E-state index in [9.17, 15) is 13.2 Å². The van der Waals surface area contributed by atoms with Gasteiger partial charge in [-0.1, -0.05) is 0 Å². The smallest absolute Gasteiger partial charge is 0.240 e. The number of azide groups is 1. The van der Waals surface area contributed by atoms with Crippen LogP contribution in [0.25, 0.3) is 10.4 Å². The number of aromatic nitrogens is 1. The van der Waals surface area contributed by atoms with Crippen molar-refractivity contribution in [2.75, 3.05) is 0 Å². The van der Waals surface area contributed by atoms with Crippen LogP contribution in [0.3, 0.4) is 0 Å². The minimum absolute atomic E-state index is 0.454. The van der Waals surface area contributed by atoms with Crippen LogP contribution in [0.5, 0.6) is 0 Å². The number of hydrogen-bond acceptors (Lipinski definition) is 3. The molecule has 12 heavy (non-hydrogen) atoms. The van der Waals surface area contributed by atoms with Gasteiger partial charge in [-0.15, -0.1) is 11.3 Å². The predicted molar refractivity (Wildman–Crippen MR) is 35.9 cm³/mol. The zero-order valence-corrected chi connectivity index (χ0v) is 6.22. The lowest BCUT2D eigenvalue weighted by Crippen LogP contribution is -2.04. The molecule has 8 heteroatoms. The first-order valence-corrected chi connectivity index (χ1v) is 3.49. The summed E-state index contributed by atoms with van der Waals surface area (Å²) < 4.78 is 35.9. The van der Waals surface area contributed by atoms with E-state index < -0.39 is 16.9 Å². The van der Waals surface area contributed by atoms with E-state index in [-0.39, 0.29) is 0 Å². The minimum Gasteiger partial charge on any atom is -0.240 e. The third-order valence-corrected chi connectivity index (χ3v) is 1.66. The van der Waals surface area contributed by atoms with Gasteiger partial charge < -0.3 is 0 Å². The van der Waals surface area contributed by atoms with E-state index in [1.807, 2.05) is 0 Å². The molecule has 0 aromatic carbocycles. The Bertz CT molecular complexity index is 323. The van der Waals surface area contributed by atoms with Crippen molar-refractivity contribution >= 4 is 16.3 Å². The Morgan fingerprint density at radius 2 is 2.25 bits per heavy atom. The highest BCUT2D eigenvalue weighted by molar-refractivity contribution is 7.13. The third-order valence-electron chi connectivity index (χ3n) is 0.953. The van der Waals surface area contributed by atoms with Gasteiger partial charge in [0.25, 0.3) is 0 Å². The van der Waals surface area contributed by atoms with Gasteiger partial charge >= 0.3 is 6.18 Å². The molecular formula is C4HF3N4S. The van der Waals surface area contributed by atoms with Crippen molar-refractivity contribution in [3.05, 3.63) is 21.6 Å². The Morgan fingerprint density at radius 1 is 1.58 bits per heavy atom. The van der Waals surface area contributed by atoms with Crippen molar-refractivity contribution in [3.63, 3.8) is 0 Å². The first kappa shape index (κ1) is 8.82. The van der Waals surface area contributed by atoms with Crippen molar-refractivity contribution in [2.45, 2.75) is 6.18 Å². The van der Waals surface area contributed by atoms with E-state index in [1.54, 1.807) is 0 Å². The maximum atomic E-state index is 12.0. The molecule has 4 nitrogen and oxygen atoms in total. The first-order chi connectivity index (χ1) is 5.55. The van der Waals surface area contributed by atoms with Crippen LogP contribution in [-0.4, -0.2) is 4.98 Å². The molecule has 0 bridgehead atoms. The lowest BCUT2D eigenvalue weighted by Gasteiger charge is -2.01. The SMILES string of the molecule is [N-]=[N+]=Nc1scnc1C(F)(F)F. The van der Waals surface area contributed by atoms with Gasteiger partial charge in [0.2, 0.25) is 0 Å². The fraction of sp³-hybridized carbons (Fsp3) is 0.250. The fourth-order valence-electron chi connectivity index (χ4n) is 0.546. The molecule has 0 unspecified atom stereocenters. The van der Waals surface area contributed by atoms with Crippen LogP contribution in [0.15, 0.2) is 10.6 Å². The minimum atomic E-state index is -4.55. The highest BCUT2D eigenvalue weighted by atomic mass is 32.1. The van der Waals surface area contributed by atoms with Gasteiger partial charge in [-0.2, -0.15) is 13.2 Å². The Hall–Kier alpha value is -1.27. The zero-order chi connectivity index (χ0) is 9.19. The Labute approximate surface area is 68.3 Å². The Balaban J connectivity index is 3.16. The molecular weight excluding hydrogens is 193 g/mol. The zero-order valence-electron chi connectivity index (χ0n) is 5.41. The van der Waals surface area contributed by atoms with Crippen LogP contribution in [0.2, 0.25) is 0 Å². The number of halogens is 3. The van der Waals surface area contributed by atoms with Crippen molar-refractivity contribution < 1.29 is 13.2 Å². The summed E-state index contributed by atoms with van der Waals surface area (Å²) in [7, 11) is 0. The van der Waals surface area contributed by atoms with Gasteiger partial charge in [-0.25, -0.2) is 4.98 Å². The Morgan fingerprint density at radius 3 is 2.75 bits per heavy atom. The molecule has 0 amide bonds. The molecule has 1 rings (SSSR count). The van der Waals surface area contributed by atoms with Crippen molar-refractivity contribution in [1.82, 2.24) is 4.98 Å². The second kappa shape index (κ2) is 3.00. The largest absolute Gasteiger partial charge is 0.434 e. The lowest BCUT2D eigenvalue weighted by molar-refractivity contribution is -0.140. The molecule has 1 aromatic heterocycles. The van der Waals surface area contributed by atoms with Gasteiger partial charge in [-0.3, -0.25) is 0 Å². The van der Waals surface area contributed by atoms with E-state index in [0.29, 0.717) is 11.3 Å². The van der Waals surface area contributed by atoms with E-state index in [1.165, 1.54) is 0 Å². The van der Waals surface area contributed by atoms with Gasteiger partial charge in [-0.05, 0) is 10.6 Å². The van der Waals surface area contributed by atoms with Crippen molar-refractivity contribution in [1.29, 1.82) is 0 Å². The third kappa shape index (κ3) is 1.66. The molecule has 0 N–H and O–H groups in total. The second-order valence-electron chi connectivity index (χ2n) is 1.69. The monoisotopic (exact) mass is 194 g/mol. The van der Waals surface area contributed by atoms with Crippen LogP contribution >= 0.6 is 11.3 Å². The summed E-state index contributed by atoms with van der Waals surface area (Å²) >= 11 is 0.649. The summed E-state index contributed by atoms with van der Waals surface area (Å²) in [5.41, 5.74) is 7.74. The topological polar surface area (TPSA) is 61.7 Å². The van der Waals surface area contributed by atoms with Crippen molar-refractivity contribution in [3.8, 4) is 0 Å². The maximum Gasteiger partial charge on any atom is 0.434 e. The molecule has 0 aliphatic carbocycles. The average Bonchev–Trinajstić information content (AvgIpc) is 2.34. The van der Waals surface area contributed by atoms with Crippen LogP contribution in [-0.2, 0) is 6.18 Å². The average molecular weight is 194 g/mol. The van der Waals surface area contributed by atoms with E-state index in [4.69, 9.17) is 5.53 Å². The number of alkyl halides is 3. The highest BCUT2D eigenvalue weighted by Crippen LogP contribution is 2.37. The number of thiazole rings is 1. The van der Waals surface area contributed by atoms with Crippen LogP contribution in [0.4, 0.5) is 18.2 Å². The number of nitrogens with zero attached hydrogens (tertiary/aromatic N) is 4. The second-order valence-corrected chi connectivity index (χ2v) is 2.53. The van der Waals surface area contributed by atoms with Crippen LogP contribution in [0.1, 0.15) is 5.69 Å². The predicted octanol–water partition coefficient (Wildman–Crippen LogP) is 3.10. The summed E-state index contributed by atoms with van der Waals surface area (Å²) in [5, 5.41) is 2.40. The molecule has 0 atom stereocenters. The van der Waals surface area contributed by atoms with Gasteiger partial charge in [0.1, 0.15) is 5.00 Å². The van der Waals surface area contributed by atoms with Gasteiger partial charge in [0.05, 0.1) is 5.51 Å². The molecule has 1 heterocycles. The molecule has 0 saturated carbocycles. The summed E-state index contributed by atoms with van der Waals surface area (Å²) in [6.07, 6.45) is -4.55. The van der Waals surface area contributed by atoms with Crippen LogP contribution < -0.4 is 0 Å². The van der Waals surface area contributed by atoms with E-state index >= 15 is 0 Å². The molecule has 1 aromatic rings. The lowest BCUT2D eigenvalue weighted by atomic mass is 10.4. The summed E-state index contributed by atoms with van der Waals surface area (Å²) in [6, 6.07) is 0. The Kier molecular flexibility index (Phi) is 2.20. The van der Waals surface area contributed by atoms with Crippen LogP contribution in [0, 0.1) is 0 Å². The normalized spacial score (nSPS) is 10.9. The molecule has 0 spiro atoms. The molecule has 0 fully saturated rings. The van der Waals surface area contributed by atoms with Gasteiger partial charge in [0, 0.05) is 4.91 Å². The number of hydrogen-bond donors (Lipinski definition) is 0. The molecule has 64 valence electrons. The molecule has 0 radical (unpaired) electrons. The highest BCUT2D eigenvalue weighted by Gasteiger charge is 2.35. The molecule has 0 aliphatic rings. The summed E-state index contributed by atoms with van der Waals surface area (Å²) in [5.74, 6) is 0. The first-order valence-electron chi connectivity index (χ1n) is 2.61. The fourth-order valence-corrected chi connectivity index (χ4v) is 1.17. The van der Waals surface area contributed by atoms with Crippen molar-refractivity contribution in [2.24, 2.45) is 5.11 Å². The quantitative estimate of drug-likeness (QED) is 0.385. The maximum absolute atomic E-state index is 12.0. The van der Waals surface area contributed by atoms with E-state index in [0.717, 1.165) is 5.51 Å². The number of rotatable bonds is 1. The summed E-state index contributed by atoms with van der Waals surface area (Å²) in [6.45, 7) is 0. The molecule has 0 saturated heterocycles. The van der Waals surface area contributed by atoms with Gasteiger partial charge in [0.15, 0.2) is 5.69 Å².